The lowest BCUT2D eigenvalue weighted by atomic mass is 9.78. The topological polar surface area (TPSA) is 44.1 Å². The van der Waals surface area contributed by atoms with E-state index in [4.69, 9.17) is 4.74 Å². The van der Waals surface area contributed by atoms with Crippen LogP contribution in [0.4, 0.5) is 0 Å². The maximum atomic E-state index is 12.7. The summed E-state index contributed by atoms with van der Waals surface area (Å²) in [6.07, 6.45) is 8.61. The van der Waals surface area contributed by atoms with Gasteiger partial charge in [0.05, 0.1) is 13.3 Å². The molecular formula is C16H26N2O2. The van der Waals surface area contributed by atoms with Gasteiger partial charge in [-0.1, -0.05) is 19.8 Å². The van der Waals surface area contributed by atoms with Crippen LogP contribution in [0.3, 0.4) is 0 Å². The van der Waals surface area contributed by atoms with Crippen molar-refractivity contribution in [1.82, 2.24) is 9.78 Å². The Balaban J connectivity index is 2.07. The van der Waals surface area contributed by atoms with Gasteiger partial charge in [-0.15, -0.1) is 0 Å². The van der Waals surface area contributed by atoms with E-state index in [1.165, 1.54) is 25.7 Å². The number of carbonyl (C=O) groups is 1. The summed E-state index contributed by atoms with van der Waals surface area (Å²) in [6, 6.07) is 0. The summed E-state index contributed by atoms with van der Waals surface area (Å²) in [4.78, 5) is 12.7. The minimum Gasteiger partial charge on any atom is -0.493 e. The Morgan fingerprint density at radius 2 is 2.05 bits per heavy atom. The number of methoxy groups -OCH3 is 1. The van der Waals surface area contributed by atoms with E-state index < -0.39 is 0 Å². The molecule has 0 atom stereocenters. The number of aromatic nitrogens is 2. The van der Waals surface area contributed by atoms with Crippen LogP contribution in [-0.4, -0.2) is 22.7 Å². The molecule has 0 spiro atoms. The van der Waals surface area contributed by atoms with Gasteiger partial charge in [0.2, 0.25) is 0 Å². The van der Waals surface area contributed by atoms with Crippen LogP contribution >= 0.6 is 0 Å². The van der Waals surface area contributed by atoms with Gasteiger partial charge in [0.25, 0.3) is 0 Å². The average Bonchev–Trinajstić information content (AvgIpc) is 2.90. The number of carbonyl (C=O) groups excluding carboxylic acids is 1. The third-order valence-electron chi connectivity index (χ3n) is 4.47. The van der Waals surface area contributed by atoms with Gasteiger partial charge < -0.3 is 4.74 Å². The summed E-state index contributed by atoms with van der Waals surface area (Å²) in [7, 11) is 1.60. The molecular weight excluding hydrogens is 252 g/mol. The summed E-state index contributed by atoms with van der Waals surface area (Å²) in [5.41, 5.74) is 0.661. The molecule has 1 aliphatic rings. The minimum atomic E-state index is 0.152. The number of ether oxygens (including phenoxy) is 1. The van der Waals surface area contributed by atoms with Gasteiger partial charge >= 0.3 is 0 Å². The van der Waals surface area contributed by atoms with Crippen LogP contribution < -0.4 is 4.74 Å². The van der Waals surface area contributed by atoms with Crippen LogP contribution in [0.1, 0.15) is 62.9 Å². The van der Waals surface area contributed by atoms with Crippen molar-refractivity contribution in [2.24, 2.45) is 11.8 Å². The molecule has 0 saturated heterocycles. The summed E-state index contributed by atoms with van der Waals surface area (Å²) in [6.45, 7) is 4.94. The SMILES string of the molecule is CCCC1CCC(C(=O)c2c(OC)cnn2CC)CC1. The zero-order valence-electron chi connectivity index (χ0n) is 12.9. The molecule has 1 aromatic heterocycles. The van der Waals surface area contributed by atoms with Gasteiger partial charge in [0.1, 0.15) is 5.69 Å². The fourth-order valence-corrected chi connectivity index (χ4v) is 3.32. The highest BCUT2D eigenvalue weighted by molar-refractivity contribution is 5.98. The summed E-state index contributed by atoms with van der Waals surface area (Å²) in [5.74, 6) is 1.81. The standard InChI is InChI=1S/C16H26N2O2/c1-4-6-12-7-9-13(10-8-12)16(19)15-14(20-3)11-17-18(15)5-2/h11-13H,4-10H2,1-3H3. The predicted molar refractivity (Wildman–Crippen MR) is 79.1 cm³/mol. The summed E-state index contributed by atoms with van der Waals surface area (Å²) < 4.78 is 7.06. The number of ketones is 1. The van der Waals surface area contributed by atoms with E-state index in [-0.39, 0.29) is 11.7 Å². The Morgan fingerprint density at radius 3 is 2.60 bits per heavy atom. The zero-order valence-corrected chi connectivity index (χ0v) is 12.9. The molecule has 0 radical (unpaired) electrons. The number of nitrogens with zero attached hydrogens (tertiary/aromatic N) is 2. The number of hydrogen-bond acceptors (Lipinski definition) is 3. The first kappa shape index (κ1) is 15.1. The molecule has 1 aromatic rings. The van der Waals surface area contributed by atoms with Gasteiger partial charge in [-0.05, 0) is 38.5 Å². The van der Waals surface area contributed by atoms with Crippen molar-refractivity contribution in [2.45, 2.75) is 58.9 Å². The van der Waals surface area contributed by atoms with E-state index in [1.807, 2.05) is 6.92 Å². The molecule has 0 aliphatic heterocycles. The largest absolute Gasteiger partial charge is 0.493 e. The van der Waals surface area contributed by atoms with Crippen LogP contribution in [0, 0.1) is 11.8 Å². The van der Waals surface area contributed by atoms with Crippen LogP contribution in [0.2, 0.25) is 0 Å². The van der Waals surface area contributed by atoms with E-state index in [2.05, 4.69) is 12.0 Å². The Bertz CT molecular complexity index is 424. The lowest BCUT2D eigenvalue weighted by Gasteiger charge is -2.27. The molecule has 0 N–H and O–H groups in total. The number of aryl methyl sites for hydroxylation is 1. The number of Topliss-reactive ketones (excluding diaryl/α,β-unsaturated/α-hetero) is 1. The van der Waals surface area contributed by atoms with E-state index in [9.17, 15) is 4.79 Å². The Kier molecular flexibility index (Phi) is 5.21. The monoisotopic (exact) mass is 278 g/mol. The zero-order chi connectivity index (χ0) is 14.5. The third kappa shape index (κ3) is 3.05. The second kappa shape index (κ2) is 6.91. The van der Waals surface area contributed by atoms with Crippen molar-refractivity contribution >= 4 is 5.78 Å². The molecule has 1 heterocycles. The molecule has 1 saturated carbocycles. The molecule has 4 heteroatoms. The van der Waals surface area contributed by atoms with E-state index in [0.29, 0.717) is 18.0 Å². The van der Waals surface area contributed by atoms with Gasteiger partial charge in [-0.2, -0.15) is 5.10 Å². The van der Waals surface area contributed by atoms with Crippen molar-refractivity contribution in [2.75, 3.05) is 7.11 Å². The van der Waals surface area contributed by atoms with E-state index in [0.717, 1.165) is 18.8 Å². The fraction of sp³-hybridized carbons (Fsp3) is 0.750. The molecule has 0 amide bonds. The van der Waals surface area contributed by atoms with E-state index >= 15 is 0 Å². The smallest absolute Gasteiger partial charge is 0.187 e. The molecule has 0 bridgehead atoms. The molecule has 0 unspecified atom stereocenters. The van der Waals surface area contributed by atoms with Crippen LogP contribution in [0.25, 0.3) is 0 Å². The van der Waals surface area contributed by atoms with Gasteiger partial charge in [0, 0.05) is 12.5 Å². The molecule has 112 valence electrons. The molecule has 0 aromatic carbocycles. The van der Waals surface area contributed by atoms with Crippen molar-refractivity contribution in [1.29, 1.82) is 0 Å². The second-order valence-electron chi connectivity index (χ2n) is 5.75. The lowest BCUT2D eigenvalue weighted by molar-refractivity contribution is 0.0855. The number of rotatable bonds is 6. The molecule has 1 fully saturated rings. The van der Waals surface area contributed by atoms with Gasteiger partial charge in [-0.3, -0.25) is 9.48 Å². The minimum absolute atomic E-state index is 0.152. The maximum Gasteiger partial charge on any atom is 0.187 e. The van der Waals surface area contributed by atoms with Crippen molar-refractivity contribution < 1.29 is 9.53 Å². The highest BCUT2D eigenvalue weighted by Gasteiger charge is 2.30. The maximum absolute atomic E-state index is 12.7. The third-order valence-corrected chi connectivity index (χ3v) is 4.47. The quantitative estimate of drug-likeness (QED) is 0.745. The summed E-state index contributed by atoms with van der Waals surface area (Å²) in [5, 5.41) is 4.24. The average molecular weight is 278 g/mol. The fourth-order valence-electron chi connectivity index (χ4n) is 3.32. The van der Waals surface area contributed by atoms with Crippen LogP contribution in [0.15, 0.2) is 6.20 Å². The Labute approximate surface area is 121 Å². The van der Waals surface area contributed by atoms with E-state index in [1.54, 1.807) is 18.0 Å². The lowest BCUT2D eigenvalue weighted by Crippen LogP contribution is -2.24. The first-order valence-electron chi connectivity index (χ1n) is 7.85. The summed E-state index contributed by atoms with van der Waals surface area (Å²) >= 11 is 0. The molecule has 1 aliphatic carbocycles. The highest BCUT2D eigenvalue weighted by Crippen LogP contribution is 2.34. The Hall–Kier alpha value is -1.32. The highest BCUT2D eigenvalue weighted by atomic mass is 16.5. The van der Waals surface area contributed by atoms with Gasteiger partial charge in [0.15, 0.2) is 11.5 Å². The van der Waals surface area contributed by atoms with Crippen molar-refractivity contribution in [3.63, 3.8) is 0 Å². The molecule has 4 nitrogen and oxygen atoms in total. The van der Waals surface area contributed by atoms with Crippen LogP contribution in [-0.2, 0) is 6.54 Å². The van der Waals surface area contributed by atoms with Crippen molar-refractivity contribution in [3.05, 3.63) is 11.9 Å². The first-order valence-corrected chi connectivity index (χ1v) is 7.85. The molecule has 2 rings (SSSR count). The first-order chi connectivity index (χ1) is 9.71. The number of hydrogen-bond donors (Lipinski definition) is 0. The molecule has 20 heavy (non-hydrogen) atoms. The van der Waals surface area contributed by atoms with Gasteiger partial charge in [-0.25, -0.2) is 0 Å². The predicted octanol–water partition coefficient (Wildman–Crippen LogP) is 3.70. The normalized spacial score (nSPS) is 22.8. The van der Waals surface area contributed by atoms with Crippen molar-refractivity contribution in [3.8, 4) is 5.75 Å². The Morgan fingerprint density at radius 1 is 1.35 bits per heavy atom. The van der Waals surface area contributed by atoms with Crippen LogP contribution in [0.5, 0.6) is 5.75 Å². The second-order valence-corrected chi connectivity index (χ2v) is 5.75.